The highest BCUT2D eigenvalue weighted by Gasteiger charge is 2.22. The lowest BCUT2D eigenvalue weighted by Gasteiger charge is -2.07. The van der Waals surface area contributed by atoms with Gasteiger partial charge in [0.15, 0.2) is 5.69 Å². The molecule has 1 aromatic heterocycles. The van der Waals surface area contributed by atoms with Crippen LogP contribution in [0.2, 0.25) is 5.02 Å². The van der Waals surface area contributed by atoms with Gasteiger partial charge in [-0.3, -0.25) is 4.39 Å². The van der Waals surface area contributed by atoms with Gasteiger partial charge in [-0.15, -0.1) is 5.10 Å². The molecule has 0 spiro atoms. The van der Waals surface area contributed by atoms with Crippen LogP contribution in [-0.4, -0.2) is 34.2 Å². The number of ether oxygens (including phenoxy) is 1. The second kappa shape index (κ2) is 7.17. The predicted octanol–water partition coefficient (Wildman–Crippen LogP) is 3.13. The fourth-order valence-corrected chi connectivity index (χ4v) is 2.04. The topological polar surface area (TPSA) is 57.0 Å². The number of aryl methyl sites for hydroxylation is 1. The largest absolute Gasteiger partial charge is 0.461 e. The van der Waals surface area contributed by atoms with Crippen LogP contribution in [-0.2, 0) is 11.3 Å². The Hall–Kier alpha value is -1.95. The van der Waals surface area contributed by atoms with Gasteiger partial charge in [0, 0.05) is 17.1 Å². The molecule has 0 N–H and O–H groups in total. The summed E-state index contributed by atoms with van der Waals surface area (Å²) in [6.45, 7) is 1.83. The van der Waals surface area contributed by atoms with Crippen molar-refractivity contribution in [3.05, 3.63) is 35.0 Å². The second-order valence-corrected chi connectivity index (χ2v) is 4.72. The van der Waals surface area contributed by atoms with Gasteiger partial charge in [-0.05, 0) is 25.5 Å². The molecule has 0 fully saturated rings. The van der Waals surface area contributed by atoms with E-state index in [1.54, 1.807) is 31.2 Å². The lowest BCUT2D eigenvalue weighted by atomic mass is 10.1. The summed E-state index contributed by atoms with van der Waals surface area (Å²) in [5, 5.41) is 8.37. The van der Waals surface area contributed by atoms with Crippen LogP contribution in [0, 0.1) is 0 Å². The van der Waals surface area contributed by atoms with Crippen molar-refractivity contribution in [1.82, 2.24) is 15.0 Å². The summed E-state index contributed by atoms with van der Waals surface area (Å²) in [5.41, 5.74) is 1.36. The Morgan fingerprint density at radius 1 is 1.38 bits per heavy atom. The Labute approximate surface area is 126 Å². The van der Waals surface area contributed by atoms with E-state index in [4.69, 9.17) is 16.3 Å². The van der Waals surface area contributed by atoms with E-state index in [9.17, 15) is 9.18 Å². The minimum absolute atomic E-state index is 0.123. The number of carbonyl (C=O) groups is 1. The third-order valence-electron chi connectivity index (χ3n) is 2.83. The molecule has 2 rings (SSSR count). The third kappa shape index (κ3) is 3.58. The highest BCUT2D eigenvalue weighted by atomic mass is 35.5. The first-order valence-electron chi connectivity index (χ1n) is 6.60. The first-order chi connectivity index (χ1) is 10.2. The fraction of sp³-hybridized carbons (Fsp3) is 0.357. The minimum atomic E-state index is -0.547. The molecule has 112 valence electrons. The number of carbonyl (C=O) groups excluding carboxylic acids is 1. The second-order valence-electron chi connectivity index (χ2n) is 4.28. The Morgan fingerprint density at radius 3 is 2.71 bits per heavy atom. The Kier molecular flexibility index (Phi) is 5.27. The van der Waals surface area contributed by atoms with E-state index in [0.29, 0.717) is 23.7 Å². The summed E-state index contributed by atoms with van der Waals surface area (Å²) in [4.78, 5) is 12.0. The fourth-order valence-electron chi connectivity index (χ4n) is 1.91. The summed E-state index contributed by atoms with van der Waals surface area (Å²) in [6.07, 6.45) is 0.298. The summed E-state index contributed by atoms with van der Waals surface area (Å²) in [6, 6.07) is 6.93. The van der Waals surface area contributed by atoms with E-state index in [1.165, 1.54) is 4.68 Å². The number of alkyl halides is 1. The van der Waals surface area contributed by atoms with Gasteiger partial charge in [-0.2, -0.15) is 0 Å². The van der Waals surface area contributed by atoms with Gasteiger partial charge >= 0.3 is 5.97 Å². The van der Waals surface area contributed by atoms with E-state index in [2.05, 4.69) is 10.3 Å². The van der Waals surface area contributed by atoms with Crippen LogP contribution in [0.3, 0.4) is 0 Å². The zero-order valence-electron chi connectivity index (χ0n) is 11.6. The standard InChI is InChI=1S/C14H15ClFN3O2/c1-2-21-14(20)12-13(10-4-6-11(15)7-5-10)19(18-17-12)9-3-8-16/h4-7H,2-3,8-9H2,1H3. The lowest BCUT2D eigenvalue weighted by Crippen LogP contribution is -2.08. The van der Waals surface area contributed by atoms with Gasteiger partial charge in [-0.1, -0.05) is 28.9 Å². The maximum absolute atomic E-state index is 12.4. The molecule has 21 heavy (non-hydrogen) atoms. The average molecular weight is 312 g/mol. The molecule has 2 aromatic rings. The predicted molar refractivity (Wildman–Crippen MR) is 77.0 cm³/mol. The molecule has 0 bridgehead atoms. The maximum Gasteiger partial charge on any atom is 0.361 e. The van der Waals surface area contributed by atoms with Crippen LogP contribution in [0.15, 0.2) is 24.3 Å². The van der Waals surface area contributed by atoms with E-state index < -0.39 is 12.6 Å². The highest BCUT2D eigenvalue weighted by molar-refractivity contribution is 6.30. The molecule has 0 aliphatic rings. The molecule has 7 heteroatoms. The summed E-state index contributed by atoms with van der Waals surface area (Å²) < 4.78 is 18.9. The van der Waals surface area contributed by atoms with E-state index in [0.717, 1.165) is 5.56 Å². The van der Waals surface area contributed by atoms with Crippen molar-refractivity contribution in [2.45, 2.75) is 19.9 Å². The zero-order chi connectivity index (χ0) is 15.2. The molecule has 5 nitrogen and oxygen atoms in total. The van der Waals surface area contributed by atoms with Gasteiger partial charge in [0.25, 0.3) is 0 Å². The Morgan fingerprint density at radius 2 is 2.10 bits per heavy atom. The van der Waals surface area contributed by atoms with Crippen LogP contribution in [0.25, 0.3) is 11.3 Å². The van der Waals surface area contributed by atoms with Crippen molar-refractivity contribution in [2.75, 3.05) is 13.3 Å². The Bertz CT molecular complexity index is 613. The monoisotopic (exact) mass is 311 g/mol. The van der Waals surface area contributed by atoms with Crippen molar-refractivity contribution in [3.63, 3.8) is 0 Å². The van der Waals surface area contributed by atoms with E-state index in [1.807, 2.05) is 0 Å². The number of esters is 1. The first kappa shape index (κ1) is 15.4. The molecule has 0 radical (unpaired) electrons. The molecule has 0 aliphatic carbocycles. The van der Waals surface area contributed by atoms with Crippen LogP contribution in [0.5, 0.6) is 0 Å². The van der Waals surface area contributed by atoms with Crippen molar-refractivity contribution >= 4 is 17.6 Å². The third-order valence-corrected chi connectivity index (χ3v) is 3.08. The minimum Gasteiger partial charge on any atom is -0.461 e. The number of hydrogen-bond acceptors (Lipinski definition) is 4. The normalized spacial score (nSPS) is 10.6. The number of nitrogens with zero attached hydrogens (tertiary/aromatic N) is 3. The number of hydrogen-bond donors (Lipinski definition) is 0. The van der Waals surface area contributed by atoms with E-state index >= 15 is 0 Å². The molecule has 0 amide bonds. The zero-order valence-corrected chi connectivity index (χ0v) is 12.3. The molecule has 0 unspecified atom stereocenters. The average Bonchev–Trinajstić information content (AvgIpc) is 2.90. The summed E-state index contributed by atoms with van der Waals surface area (Å²) in [5.74, 6) is -0.547. The highest BCUT2D eigenvalue weighted by Crippen LogP contribution is 2.25. The van der Waals surface area contributed by atoms with Crippen LogP contribution in [0.1, 0.15) is 23.8 Å². The van der Waals surface area contributed by atoms with Crippen molar-refractivity contribution in [1.29, 1.82) is 0 Å². The number of halogens is 2. The number of benzene rings is 1. The molecule has 1 aromatic carbocycles. The quantitative estimate of drug-likeness (QED) is 0.769. The first-order valence-corrected chi connectivity index (χ1v) is 6.97. The van der Waals surface area contributed by atoms with Gasteiger partial charge in [-0.25, -0.2) is 9.48 Å². The Balaban J connectivity index is 2.44. The van der Waals surface area contributed by atoms with Crippen molar-refractivity contribution < 1.29 is 13.9 Å². The molecule has 0 aliphatic heterocycles. The van der Waals surface area contributed by atoms with Gasteiger partial charge < -0.3 is 4.74 Å². The van der Waals surface area contributed by atoms with Gasteiger partial charge in [0.1, 0.15) is 5.69 Å². The van der Waals surface area contributed by atoms with Crippen molar-refractivity contribution in [2.24, 2.45) is 0 Å². The van der Waals surface area contributed by atoms with Gasteiger partial charge in [0.05, 0.1) is 13.3 Å². The smallest absolute Gasteiger partial charge is 0.361 e. The summed E-state index contributed by atoms with van der Waals surface area (Å²) in [7, 11) is 0. The number of aromatic nitrogens is 3. The van der Waals surface area contributed by atoms with Crippen LogP contribution < -0.4 is 0 Å². The van der Waals surface area contributed by atoms with Crippen LogP contribution >= 0.6 is 11.6 Å². The van der Waals surface area contributed by atoms with Gasteiger partial charge in [0.2, 0.25) is 0 Å². The van der Waals surface area contributed by atoms with Crippen molar-refractivity contribution in [3.8, 4) is 11.3 Å². The lowest BCUT2D eigenvalue weighted by molar-refractivity contribution is 0.0520. The molecule has 0 atom stereocenters. The molecular formula is C14H15ClFN3O2. The molecular weight excluding hydrogens is 297 g/mol. The SMILES string of the molecule is CCOC(=O)c1nnn(CCCF)c1-c1ccc(Cl)cc1. The molecule has 0 saturated carbocycles. The summed E-state index contributed by atoms with van der Waals surface area (Å²) >= 11 is 5.87. The molecule has 1 heterocycles. The maximum atomic E-state index is 12.4. The molecule has 0 saturated heterocycles. The number of rotatable bonds is 6. The van der Waals surface area contributed by atoms with Crippen LogP contribution in [0.4, 0.5) is 4.39 Å². The van der Waals surface area contributed by atoms with E-state index in [-0.39, 0.29) is 12.3 Å².